The first kappa shape index (κ1) is 9.35. The summed E-state index contributed by atoms with van der Waals surface area (Å²) in [5, 5.41) is 2.88. The molecule has 0 aromatic heterocycles. The average Bonchev–Trinajstić information content (AvgIpc) is 2.23. The van der Waals surface area contributed by atoms with Gasteiger partial charge in [-0.1, -0.05) is 35.9 Å². The number of rotatable bonds is 2. The third-order valence-corrected chi connectivity index (χ3v) is 2.46. The quantitative estimate of drug-likeness (QED) is 0.725. The molecule has 0 bridgehead atoms. The number of hydrogen-bond donors (Lipinski definition) is 0. The molecule has 14 heavy (non-hydrogen) atoms. The first-order valence-corrected chi connectivity index (χ1v) is 5.00. The third kappa shape index (κ3) is 1.55. The van der Waals surface area contributed by atoms with Gasteiger partial charge in [-0.25, -0.2) is 0 Å². The minimum Gasteiger partial charge on any atom is -0.493 e. The summed E-state index contributed by atoms with van der Waals surface area (Å²) in [4.78, 5) is 0. The van der Waals surface area contributed by atoms with Crippen LogP contribution >= 0.6 is 11.6 Å². The van der Waals surface area contributed by atoms with E-state index in [1.165, 1.54) is 0 Å². The molecule has 0 saturated carbocycles. The van der Waals surface area contributed by atoms with Gasteiger partial charge in [-0.3, -0.25) is 0 Å². The van der Waals surface area contributed by atoms with Crippen LogP contribution in [-0.4, -0.2) is 6.61 Å². The summed E-state index contributed by atoms with van der Waals surface area (Å²) < 4.78 is 5.52. The highest BCUT2D eigenvalue weighted by atomic mass is 35.5. The Balaban J connectivity index is 2.68. The van der Waals surface area contributed by atoms with Crippen molar-refractivity contribution in [3.63, 3.8) is 0 Å². The first-order chi connectivity index (χ1) is 6.83. The second kappa shape index (κ2) is 3.89. The summed E-state index contributed by atoms with van der Waals surface area (Å²) >= 11 is 6.07. The molecule has 0 saturated heterocycles. The molecule has 0 atom stereocenters. The zero-order valence-corrected chi connectivity index (χ0v) is 8.71. The van der Waals surface area contributed by atoms with E-state index in [0.717, 1.165) is 21.5 Å². The fourth-order valence-electron chi connectivity index (χ4n) is 1.52. The summed E-state index contributed by atoms with van der Waals surface area (Å²) in [6.45, 7) is 2.65. The molecule has 0 aliphatic heterocycles. The number of halogens is 1. The normalized spacial score (nSPS) is 10.4. The highest BCUT2D eigenvalue weighted by molar-refractivity contribution is 6.35. The lowest BCUT2D eigenvalue weighted by molar-refractivity contribution is 0.344. The molecular formula is C12H11ClO. The average molecular weight is 207 g/mol. The number of ether oxygens (including phenoxy) is 1. The molecule has 2 heteroatoms. The van der Waals surface area contributed by atoms with Crippen molar-refractivity contribution in [1.29, 1.82) is 0 Å². The molecule has 72 valence electrons. The second-order valence-corrected chi connectivity index (χ2v) is 3.43. The predicted octanol–water partition coefficient (Wildman–Crippen LogP) is 3.89. The molecule has 2 rings (SSSR count). The van der Waals surface area contributed by atoms with Gasteiger partial charge in [0.25, 0.3) is 0 Å². The highest BCUT2D eigenvalue weighted by Crippen LogP contribution is 2.30. The van der Waals surface area contributed by atoms with Gasteiger partial charge in [0.05, 0.1) is 6.61 Å². The largest absolute Gasteiger partial charge is 0.493 e. The van der Waals surface area contributed by atoms with E-state index in [9.17, 15) is 0 Å². The maximum atomic E-state index is 6.07. The Labute approximate surface area is 88.3 Å². The van der Waals surface area contributed by atoms with Gasteiger partial charge in [-0.05, 0) is 19.1 Å². The van der Waals surface area contributed by atoms with Crippen LogP contribution in [0.4, 0.5) is 0 Å². The first-order valence-electron chi connectivity index (χ1n) is 4.63. The van der Waals surface area contributed by atoms with Crippen molar-refractivity contribution in [3.8, 4) is 5.75 Å². The summed E-state index contributed by atoms with van der Waals surface area (Å²) in [6.07, 6.45) is 0. The van der Waals surface area contributed by atoms with Crippen molar-refractivity contribution in [2.75, 3.05) is 6.61 Å². The number of hydrogen-bond acceptors (Lipinski definition) is 1. The molecule has 1 nitrogen and oxygen atoms in total. The Morgan fingerprint density at radius 2 is 1.79 bits per heavy atom. The highest BCUT2D eigenvalue weighted by Gasteiger charge is 2.03. The molecule has 2 aromatic rings. The standard InChI is InChI=1S/C12H11ClO/c1-2-14-12-8-7-11(13)9-5-3-4-6-10(9)12/h3-8H,2H2,1H3. The molecule has 0 amide bonds. The zero-order valence-electron chi connectivity index (χ0n) is 7.96. The molecule has 0 unspecified atom stereocenters. The Bertz CT molecular complexity index is 451. The lowest BCUT2D eigenvalue weighted by atomic mass is 10.1. The Morgan fingerprint density at radius 1 is 1.07 bits per heavy atom. The van der Waals surface area contributed by atoms with E-state index in [-0.39, 0.29) is 0 Å². The van der Waals surface area contributed by atoms with E-state index in [1.54, 1.807) is 0 Å². The van der Waals surface area contributed by atoms with Gasteiger partial charge >= 0.3 is 0 Å². The van der Waals surface area contributed by atoms with Crippen molar-refractivity contribution < 1.29 is 4.74 Å². The topological polar surface area (TPSA) is 9.23 Å². The maximum absolute atomic E-state index is 6.07. The van der Waals surface area contributed by atoms with Gasteiger partial charge in [0, 0.05) is 15.8 Å². The van der Waals surface area contributed by atoms with Gasteiger partial charge < -0.3 is 4.74 Å². The van der Waals surface area contributed by atoms with Gasteiger partial charge in [0.2, 0.25) is 0 Å². The smallest absolute Gasteiger partial charge is 0.127 e. The van der Waals surface area contributed by atoms with Crippen LogP contribution in [0.3, 0.4) is 0 Å². The summed E-state index contributed by atoms with van der Waals surface area (Å²) in [6, 6.07) is 11.8. The number of fused-ring (bicyclic) bond motifs is 1. The molecule has 0 N–H and O–H groups in total. The Morgan fingerprint density at radius 3 is 2.50 bits per heavy atom. The van der Waals surface area contributed by atoms with Crippen LogP contribution in [0.5, 0.6) is 5.75 Å². The van der Waals surface area contributed by atoms with E-state index in [2.05, 4.69) is 0 Å². The fraction of sp³-hybridized carbons (Fsp3) is 0.167. The van der Waals surface area contributed by atoms with Gasteiger partial charge in [-0.15, -0.1) is 0 Å². The molecule has 0 fully saturated rings. The molecule has 2 aromatic carbocycles. The van der Waals surface area contributed by atoms with E-state index in [0.29, 0.717) is 6.61 Å². The zero-order chi connectivity index (χ0) is 9.97. The lowest BCUT2D eigenvalue weighted by Gasteiger charge is -2.07. The Kier molecular flexibility index (Phi) is 2.60. The van der Waals surface area contributed by atoms with E-state index >= 15 is 0 Å². The van der Waals surface area contributed by atoms with E-state index < -0.39 is 0 Å². The number of benzene rings is 2. The van der Waals surface area contributed by atoms with Crippen molar-refractivity contribution in [3.05, 3.63) is 41.4 Å². The minimum atomic E-state index is 0.672. The summed E-state index contributed by atoms with van der Waals surface area (Å²) in [5.41, 5.74) is 0. The SMILES string of the molecule is CCOc1ccc(Cl)c2ccccc12. The van der Waals surface area contributed by atoms with E-state index in [1.807, 2.05) is 43.3 Å². The Hall–Kier alpha value is -1.21. The monoisotopic (exact) mass is 206 g/mol. The molecule has 0 radical (unpaired) electrons. The molecule has 0 aliphatic carbocycles. The fourth-order valence-corrected chi connectivity index (χ4v) is 1.74. The van der Waals surface area contributed by atoms with Crippen LogP contribution in [0.2, 0.25) is 5.02 Å². The van der Waals surface area contributed by atoms with Crippen LogP contribution in [0.25, 0.3) is 10.8 Å². The van der Waals surface area contributed by atoms with Crippen molar-refractivity contribution >= 4 is 22.4 Å². The van der Waals surface area contributed by atoms with Crippen molar-refractivity contribution in [1.82, 2.24) is 0 Å². The predicted molar refractivity (Wildman–Crippen MR) is 60.1 cm³/mol. The molecular weight excluding hydrogens is 196 g/mol. The molecule has 0 heterocycles. The second-order valence-electron chi connectivity index (χ2n) is 3.02. The van der Waals surface area contributed by atoms with Gasteiger partial charge in [0.1, 0.15) is 5.75 Å². The van der Waals surface area contributed by atoms with E-state index in [4.69, 9.17) is 16.3 Å². The minimum absolute atomic E-state index is 0.672. The van der Waals surface area contributed by atoms with Crippen LogP contribution in [0.1, 0.15) is 6.92 Å². The van der Waals surface area contributed by atoms with Crippen LogP contribution in [0, 0.1) is 0 Å². The summed E-state index contributed by atoms with van der Waals surface area (Å²) in [7, 11) is 0. The third-order valence-electron chi connectivity index (χ3n) is 2.13. The van der Waals surface area contributed by atoms with Crippen LogP contribution < -0.4 is 4.74 Å². The van der Waals surface area contributed by atoms with Gasteiger partial charge in [0.15, 0.2) is 0 Å². The van der Waals surface area contributed by atoms with Crippen molar-refractivity contribution in [2.45, 2.75) is 6.92 Å². The molecule has 0 aliphatic rings. The maximum Gasteiger partial charge on any atom is 0.127 e. The van der Waals surface area contributed by atoms with Gasteiger partial charge in [-0.2, -0.15) is 0 Å². The van der Waals surface area contributed by atoms with Crippen molar-refractivity contribution in [2.24, 2.45) is 0 Å². The summed E-state index contributed by atoms with van der Waals surface area (Å²) in [5.74, 6) is 0.896. The van der Waals surface area contributed by atoms with Crippen LogP contribution in [0.15, 0.2) is 36.4 Å². The van der Waals surface area contributed by atoms with Crippen LogP contribution in [-0.2, 0) is 0 Å². The molecule has 0 spiro atoms. The lowest BCUT2D eigenvalue weighted by Crippen LogP contribution is -1.92.